The Kier molecular flexibility index (Phi) is 5.48. The second-order valence-corrected chi connectivity index (χ2v) is 6.32. The van der Waals surface area contributed by atoms with Crippen molar-refractivity contribution in [1.29, 1.82) is 0 Å². The van der Waals surface area contributed by atoms with Crippen LogP contribution in [0.5, 0.6) is 0 Å². The molecule has 0 saturated heterocycles. The molecule has 1 rings (SSSR count). The number of imidazole rings is 1. The monoisotopic (exact) mass is 277 g/mol. The minimum atomic E-state index is -3.69. The number of sulfonamides is 1. The highest BCUT2D eigenvalue weighted by Crippen LogP contribution is 2.11. The van der Waals surface area contributed by atoms with Crippen molar-refractivity contribution in [1.82, 2.24) is 9.55 Å². The van der Waals surface area contributed by atoms with Crippen LogP contribution in [-0.4, -0.2) is 30.0 Å². The van der Waals surface area contributed by atoms with Crippen LogP contribution in [0.3, 0.4) is 0 Å². The van der Waals surface area contributed by atoms with E-state index in [-0.39, 0.29) is 5.03 Å². The maximum atomic E-state index is 11.2. The van der Waals surface area contributed by atoms with Crippen LogP contribution in [0, 0.1) is 0 Å². The molecule has 0 aliphatic heterocycles. The van der Waals surface area contributed by atoms with E-state index in [0.29, 0.717) is 0 Å². The van der Waals surface area contributed by atoms with Gasteiger partial charge in [0, 0.05) is 19.2 Å². The molecule has 0 amide bonds. The minimum Gasteiger partial charge on any atom is -0.333 e. The SMILES string of the molecule is CCCc1nc(S(N)(=O)=O)cn1CCCSC. The Hall–Kier alpha value is -0.530. The first-order valence-electron chi connectivity index (χ1n) is 5.56. The van der Waals surface area contributed by atoms with E-state index in [9.17, 15) is 8.42 Å². The van der Waals surface area contributed by atoms with Gasteiger partial charge in [0.05, 0.1) is 0 Å². The van der Waals surface area contributed by atoms with Gasteiger partial charge < -0.3 is 4.57 Å². The maximum Gasteiger partial charge on any atom is 0.257 e. The van der Waals surface area contributed by atoms with E-state index in [1.54, 1.807) is 18.0 Å². The van der Waals surface area contributed by atoms with Gasteiger partial charge >= 0.3 is 0 Å². The summed E-state index contributed by atoms with van der Waals surface area (Å²) in [4.78, 5) is 4.09. The molecular weight excluding hydrogens is 258 g/mol. The molecule has 0 aliphatic rings. The summed E-state index contributed by atoms with van der Waals surface area (Å²) in [6.45, 7) is 2.83. The number of nitrogens with two attached hydrogens (primary N) is 1. The first-order valence-corrected chi connectivity index (χ1v) is 8.50. The van der Waals surface area contributed by atoms with Crippen molar-refractivity contribution in [3.05, 3.63) is 12.0 Å². The van der Waals surface area contributed by atoms with Crippen LogP contribution >= 0.6 is 11.8 Å². The number of hydrogen-bond donors (Lipinski definition) is 1. The highest BCUT2D eigenvalue weighted by Gasteiger charge is 2.15. The molecule has 1 heterocycles. The zero-order valence-electron chi connectivity index (χ0n) is 10.2. The number of aromatic nitrogens is 2. The lowest BCUT2D eigenvalue weighted by atomic mass is 10.3. The molecule has 5 nitrogen and oxygen atoms in total. The van der Waals surface area contributed by atoms with Crippen LogP contribution in [-0.2, 0) is 23.0 Å². The highest BCUT2D eigenvalue weighted by atomic mass is 32.2. The molecule has 1 aromatic heterocycles. The lowest BCUT2D eigenvalue weighted by molar-refractivity contribution is 0.594. The number of primary sulfonamides is 1. The van der Waals surface area contributed by atoms with Gasteiger partial charge in [-0.05, 0) is 24.9 Å². The van der Waals surface area contributed by atoms with Crippen LogP contribution < -0.4 is 5.14 Å². The first-order chi connectivity index (χ1) is 7.99. The molecule has 0 radical (unpaired) electrons. The molecule has 98 valence electrons. The summed E-state index contributed by atoms with van der Waals surface area (Å²) >= 11 is 1.78. The van der Waals surface area contributed by atoms with E-state index in [0.717, 1.165) is 37.4 Å². The Morgan fingerprint density at radius 2 is 2.24 bits per heavy atom. The normalized spacial score (nSPS) is 11.9. The summed E-state index contributed by atoms with van der Waals surface area (Å²) in [6.07, 6.45) is 6.30. The predicted molar refractivity (Wildman–Crippen MR) is 70.6 cm³/mol. The third-order valence-electron chi connectivity index (χ3n) is 2.35. The van der Waals surface area contributed by atoms with Crippen molar-refractivity contribution in [3.8, 4) is 0 Å². The summed E-state index contributed by atoms with van der Waals surface area (Å²) in [6, 6.07) is 0. The second-order valence-electron chi connectivity index (χ2n) is 3.83. The van der Waals surface area contributed by atoms with Gasteiger partial charge in [0.25, 0.3) is 10.0 Å². The molecule has 0 atom stereocenters. The summed E-state index contributed by atoms with van der Waals surface area (Å²) in [7, 11) is -3.69. The van der Waals surface area contributed by atoms with Gasteiger partial charge in [-0.3, -0.25) is 0 Å². The fraction of sp³-hybridized carbons (Fsp3) is 0.700. The fourth-order valence-corrected chi connectivity index (χ4v) is 2.49. The molecule has 0 aliphatic carbocycles. The van der Waals surface area contributed by atoms with E-state index in [2.05, 4.69) is 11.2 Å². The van der Waals surface area contributed by atoms with Crippen LogP contribution in [0.4, 0.5) is 0 Å². The molecule has 2 N–H and O–H groups in total. The summed E-state index contributed by atoms with van der Waals surface area (Å²) in [5.74, 6) is 1.85. The topological polar surface area (TPSA) is 78.0 Å². The highest BCUT2D eigenvalue weighted by molar-refractivity contribution is 7.98. The van der Waals surface area contributed by atoms with Crippen LogP contribution in [0.15, 0.2) is 11.2 Å². The van der Waals surface area contributed by atoms with E-state index < -0.39 is 10.0 Å². The van der Waals surface area contributed by atoms with E-state index in [1.165, 1.54) is 0 Å². The largest absolute Gasteiger partial charge is 0.333 e. The molecule has 0 aromatic carbocycles. The van der Waals surface area contributed by atoms with Crippen LogP contribution in [0.1, 0.15) is 25.6 Å². The number of hydrogen-bond acceptors (Lipinski definition) is 4. The molecule has 0 saturated carbocycles. The van der Waals surface area contributed by atoms with E-state index >= 15 is 0 Å². The Balaban J connectivity index is 2.89. The van der Waals surface area contributed by atoms with Crippen molar-refractivity contribution in [3.63, 3.8) is 0 Å². The van der Waals surface area contributed by atoms with Gasteiger partial charge in [-0.15, -0.1) is 0 Å². The molecule has 0 spiro atoms. The van der Waals surface area contributed by atoms with Gasteiger partial charge in [-0.2, -0.15) is 11.8 Å². The molecule has 1 aromatic rings. The summed E-state index contributed by atoms with van der Waals surface area (Å²) in [5.41, 5.74) is 0. The standard InChI is InChI=1S/C10H19N3O2S2/c1-3-5-9-12-10(17(11,14)15)8-13(9)6-4-7-16-2/h8H,3-7H2,1-2H3,(H2,11,14,15). The average molecular weight is 277 g/mol. The predicted octanol–water partition coefficient (Wildman–Crippen LogP) is 1.24. The number of nitrogens with zero attached hydrogens (tertiary/aromatic N) is 2. The first kappa shape index (κ1) is 14.5. The third kappa shape index (κ3) is 4.33. The maximum absolute atomic E-state index is 11.2. The molecule has 17 heavy (non-hydrogen) atoms. The second kappa shape index (κ2) is 6.42. The van der Waals surface area contributed by atoms with Crippen LogP contribution in [0.25, 0.3) is 0 Å². The number of aryl methyl sites for hydroxylation is 2. The van der Waals surface area contributed by atoms with Crippen LogP contribution in [0.2, 0.25) is 0 Å². The number of thioether (sulfide) groups is 1. The van der Waals surface area contributed by atoms with E-state index in [1.807, 2.05) is 11.5 Å². The van der Waals surface area contributed by atoms with Crippen molar-refractivity contribution in [2.45, 2.75) is 37.8 Å². The van der Waals surface area contributed by atoms with Gasteiger partial charge in [0.1, 0.15) is 5.82 Å². The molecule has 0 bridgehead atoms. The quantitative estimate of drug-likeness (QED) is 0.761. The van der Waals surface area contributed by atoms with Crippen molar-refractivity contribution >= 4 is 21.8 Å². The van der Waals surface area contributed by atoms with Gasteiger partial charge in [-0.1, -0.05) is 6.92 Å². The lowest BCUT2D eigenvalue weighted by Crippen LogP contribution is -2.12. The van der Waals surface area contributed by atoms with Crippen molar-refractivity contribution < 1.29 is 8.42 Å². The zero-order valence-corrected chi connectivity index (χ0v) is 11.9. The summed E-state index contributed by atoms with van der Waals surface area (Å²) < 4.78 is 24.4. The van der Waals surface area contributed by atoms with Gasteiger partial charge in [0.15, 0.2) is 5.03 Å². The smallest absolute Gasteiger partial charge is 0.257 e. The Morgan fingerprint density at radius 3 is 2.76 bits per heavy atom. The van der Waals surface area contributed by atoms with Gasteiger partial charge in [-0.25, -0.2) is 18.5 Å². The average Bonchev–Trinajstić information content (AvgIpc) is 2.62. The fourth-order valence-electron chi connectivity index (χ4n) is 1.56. The molecule has 0 unspecified atom stereocenters. The molecular formula is C10H19N3O2S2. The van der Waals surface area contributed by atoms with E-state index in [4.69, 9.17) is 5.14 Å². The minimum absolute atomic E-state index is 0.0231. The Morgan fingerprint density at radius 1 is 1.53 bits per heavy atom. The number of rotatable bonds is 7. The zero-order chi connectivity index (χ0) is 12.9. The van der Waals surface area contributed by atoms with Gasteiger partial charge in [0.2, 0.25) is 0 Å². The third-order valence-corrected chi connectivity index (χ3v) is 3.83. The van der Waals surface area contributed by atoms with Crippen molar-refractivity contribution in [2.75, 3.05) is 12.0 Å². The molecule has 0 fully saturated rings. The lowest BCUT2D eigenvalue weighted by Gasteiger charge is -2.05. The molecule has 7 heteroatoms. The summed E-state index contributed by atoms with van der Waals surface area (Å²) in [5, 5.41) is 5.06. The Bertz CT molecular complexity index is 454. The van der Waals surface area contributed by atoms with Crippen molar-refractivity contribution in [2.24, 2.45) is 5.14 Å². The Labute approximate surface area is 107 Å².